The fourth-order valence-corrected chi connectivity index (χ4v) is 9.28. The van der Waals surface area contributed by atoms with Crippen molar-refractivity contribution >= 4 is 11.4 Å². The fourth-order valence-electron chi connectivity index (χ4n) is 9.28. The molecular formula is C60H57N. The van der Waals surface area contributed by atoms with Crippen molar-refractivity contribution in [1.82, 2.24) is 0 Å². The van der Waals surface area contributed by atoms with Gasteiger partial charge in [-0.15, -0.1) is 0 Å². The van der Waals surface area contributed by atoms with Crippen LogP contribution in [0, 0.1) is 6.92 Å². The molecule has 0 radical (unpaired) electrons. The number of anilines is 2. The minimum Gasteiger partial charge on any atom is -0.356 e. The molecule has 8 aromatic rings. The first kappa shape index (κ1) is 40.0. The fraction of sp³-hybridized carbons (Fsp3) is 0.200. The van der Waals surface area contributed by atoms with E-state index in [1.165, 1.54) is 122 Å². The number of benzene rings is 8. The third-order valence-corrected chi connectivity index (χ3v) is 13.2. The second-order valence-electron chi connectivity index (χ2n) is 17.2. The van der Waals surface area contributed by atoms with Crippen LogP contribution in [0.1, 0.15) is 80.2 Å². The number of unbranched alkanes of at least 4 members (excludes halogenated alkanes) is 2. The lowest BCUT2D eigenvalue weighted by atomic mass is 9.67. The molecule has 9 rings (SSSR count). The van der Waals surface area contributed by atoms with Gasteiger partial charge in [-0.3, -0.25) is 0 Å². The highest BCUT2D eigenvalue weighted by atomic mass is 14.9. The smallest absolute Gasteiger partial charge is 0.0384 e. The van der Waals surface area contributed by atoms with Crippen LogP contribution in [0.25, 0.3) is 55.6 Å². The Bertz CT molecular complexity index is 2660. The van der Waals surface area contributed by atoms with Crippen molar-refractivity contribution in [2.45, 2.75) is 77.6 Å². The van der Waals surface area contributed by atoms with Crippen molar-refractivity contribution in [3.8, 4) is 55.6 Å². The van der Waals surface area contributed by atoms with Gasteiger partial charge in [-0.05, 0) is 135 Å². The van der Waals surface area contributed by atoms with E-state index in [-0.39, 0.29) is 5.41 Å². The first-order valence-electron chi connectivity index (χ1n) is 22.6. The van der Waals surface area contributed by atoms with Crippen LogP contribution in [-0.4, -0.2) is 0 Å². The predicted octanol–water partition coefficient (Wildman–Crippen LogP) is 16.8. The molecule has 0 unspecified atom stereocenters. The zero-order valence-corrected chi connectivity index (χ0v) is 36.1. The molecule has 1 nitrogen and oxygen atoms in total. The van der Waals surface area contributed by atoms with Crippen LogP contribution in [0.2, 0.25) is 0 Å². The topological polar surface area (TPSA) is 12.0 Å². The standard InChI is InChI=1S/C60H57N/c1-4-6-40-60(41-7-5-2,56-32-24-49(25-33-56)46-14-12-45(13-15-46)44-10-8-43(3)9-11-44)57-34-26-50(27-35-57)47-16-18-48(19-17-47)51-28-36-58(37-29-51)61-59-38-30-53(31-39-59)55-23-21-52-20-22-54(52)42-55/h8-19,21,23-39,42,61H,4-7,20,22,40-41H2,1-3H3. The first-order valence-corrected chi connectivity index (χ1v) is 22.6. The molecule has 0 spiro atoms. The van der Waals surface area contributed by atoms with Gasteiger partial charge in [0.15, 0.2) is 0 Å². The lowest BCUT2D eigenvalue weighted by molar-refractivity contribution is 0.406. The Morgan fingerprint density at radius 3 is 1.02 bits per heavy atom. The van der Waals surface area contributed by atoms with Gasteiger partial charge in [0.1, 0.15) is 0 Å². The number of rotatable bonds is 15. The summed E-state index contributed by atoms with van der Waals surface area (Å²) in [6.07, 6.45) is 9.52. The second kappa shape index (κ2) is 18.0. The summed E-state index contributed by atoms with van der Waals surface area (Å²) in [5.41, 5.74) is 21.9. The summed E-state index contributed by atoms with van der Waals surface area (Å²) in [6.45, 7) is 6.78. The number of nitrogens with one attached hydrogen (secondary N) is 1. The highest BCUT2D eigenvalue weighted by Gasteiger charge is 2.33. The molecule has 0 bridgehead atoms. The Kier molecular flexibility index (Phi) is 11.8. The van der Waals surface area contributed by atoms with Gasteiger partial charge in [0, 0.05) is 16.8 Å². The molecule has 1 heteroatoms. The normalized spacial score (nSPS) is 12.1. The van der Waals surface area contributed by atoms with E-state index < -0.39 is 0 Å². The summed E-state index contributed by atoms with van der Waals surface area (Å²) < 4.78 is 0. The number of hydrogen-bond acceptors (Lipinski definition) is 1. The number of fused-ring (bicyclic) bond motifs is 1. The summed E-state index contributed by atoms with van der Waals surface area (Å²) in [6, 6.07) is 70.3. The zero-order chi connectivity index (χ0) is 41.6. The Morgan fingerprint density at radius 1 is 0.361 bits per heavy atom. The SMILES string of the molecule is CCCCC(CCCC)(c1ccc(-c2ccc(-c3ccc(C)cc3)cc2)cc1)c1ccc(-c2ccc(-c3ccc(Nc4ccc(-c5ccc6c(c5)CC6)cc4)cc3)cc2)cc1. The van der Waals surface area contributed by atoms with E-state index in [1.54, 1.807) is 0 Å². The lowest BCUT2D eigenvalue weighted by Gasteiger charge is -2.36. The van der Waals surface area contributed by atoms with Crippen LogP contribution < -0.4 is 5.32 Å². The Labute approximate surface area is 364 Å². The van der Waals surface area contributed by atoms with E-state index in [0.29, 0.717) is 0 Å². The van der Waals surface area contributed by atoms with E-state index in [1.807, 2.05) is 0 Å². The van der Waals surface area contributed by atoms with Crippen LogP contribution >= 0.6 is 0 Å². The van der Waals surface area contributed by atoms with Gasteiger partial charge in [0.25, 0.3) is 0 Å². The highest BCUT2D eigenvalue weighted by molar-refractivity contribution is 5.75. The van der Waals surface area contributed by atoms with Gasteiger partial charge in [0.05, 0.1) is 0 Å². The van der Waals surface area contributed by atoms with Gasteiger partial charge >= 0.3 is 0 Å². The number of aryl methyl sites for hydroxylation is 3. The largest absolute Gasteiger partial charge is 0.356 e. The van der Waals surface area contributed by atoms with Crippen molar-refractivity contribution in [1.29, 1.82) is 0 Å². The molecule has 1 aliphatic carbocycles. The molecule has 8 aromatic carbocycles. The Balaban J connectivity index is 0.888. The van der Waals surface area contributed by atoms with Gasteiger partial charge in [0.2, 0.25) is 0 Å². The van der Waals surface area contributed by atoms with Gasteiger partial charge in [-0.1, -0.05) is 209 Å². The summed E-state index contributed by atoms with van der Waals surface area (Å²) in [7, 11) is 0. The lowest BCUT2D eigenvalue weighted by Crippen LogP contribution is -2.28. The molecule has 0 saturated heterocycles. The zero-order valence-electron chi connectivity index (χ0n) is 36.1. The van der Waals surface area contributed by atoms with Crippen molar-refractivity contribution < 1.29 is 0 Å². The van der Waals surface area contributed by atoms with E-state index in [9.17, 15) is 0 Å². The molecule has 0 saturated carbocycles. The minimum atomic E-state index is -0.0185. The average Bonchev–Trinajstić information content (AvgIpc) is 3.31. The average molecular weight is 792 g/mol. The molecule has 1 aliphatic rings. The van der Waals surface area contributed by atoms with Crippen LogP contribution in [0.5, 0.6) is 0 Å². The van der Waals surface area contributed by atoms with Crippen molar-refractivity contribution in [2.75, 3.05) is 5.32 Å². The molecule has 0 aliphatic heterocycles. The monoisotopic (exact) mass is 791 g/mol. The third kappa shape index (κ3) is 8.75. The summed E-state index contributed by atoms with van der Waals surface area (Å²) >= 11 is 0. The molecule has 0 aromatic heterocycles. The molecule has 0 atom stereocenters. The van der Waals surface area contributed by atoms with E-state index in [0.717, 1.165) is 24.2 Å². The molecule has 1 N–H and O–H groups in total. The van der Waals surface area contributed by atoms with E-state index >= 15 is 0 Å². The predicted molar refractivity (Wildman–Crippen MR) is 262 cm³/mol. The van der Waals surface area contributed by atoms with Crippen LogP contribution in [0.15, 0.2) is 188 Å². The van der Waals surface area contributed by atoms with Crippen LogP contribution in [0.4, 0.5) is 11.4 Å². The molecule has 0 amide bonds. The molecule has 61 heavy (non-hydrogen) atoms. The van der Waals surface area contributed by atoms with Crippen molar-refractivity contribution in [3.05, 3.63) is 216 Å². The minimum absolute atomic E-state index is 0.0185. The number of hydrogen-bond donors (Lipinski definition) is 1. The quantitative estimate of drug-likeness (QED) is 0.109. The Morgan fingerprint density at radius 2 is 0.672 bits per heavy atom. The molecular weight excluding hydrogens is 735 g/mol. The maximum absolute atomic E-state index is 3.59. The molecule has 0 heterocycles. The first-order chi connectivity index (χ1) is 30.0. The van der Waals surface area contributed by atoms with Gasteiger partial charge in [-0.2, -0.15) is 0 Å². The molecule has 302 valence electrons. The molecule has 0 fully saturated rings. The summed E-state index contributed by atoms with van der Waals surface area (Å²) in [5, 5.41) is 3.59. The van der Waals surface area contributed by atoms with Gasteiger partial charge in [-0.25, -0.2) is 0 Å². The van der Waals surface area contributed by atoms with Crippen LogP contribution in [-0.2, 0) is 18.3 Å². The van der Waals surface area contributed by atoms with Gasteiger partial charge < -0.3 is 5.32 Å². The van der Waals surface area contributed by atoms with E-state index in [4.69, 9.17) is 0 Å². The van der Waals surface area contributed by atoms with Crippen LogP contribution in [0.3, 0.4) is 0 Å². The van der Waals surface area contributed by atoms with E-state index in [2.05, 4.69) is 214 Å². The Hall–Kier alpha value is -6.44. The van der Waals surface area contributed by atoms with Crippen molar-refractivity contribution in [2.24, 2.45) is 0 Å². The maximum Gasteiger partial charge on any atom is 0.0384 e. The third-order valence-electron chi connectivity index (χ3n) is 13.2. The second-order valence-corrected chi connectivity index (χ2v) is 17.2. The maximum atomic E-state index is 3.59. The highest BCUT2D eigenvalue weighted by Crippen LogP contribution is 2.43. The summed E-state index contributed by atoms with van der Waals surface area (Å²) in [4.78, 5) is 0. The van der Waals surface area contributed by atoms with Crippen molar-refractivity contribution in [3.63, 3.8) is 0 Å². The summed E-state index contributed by atoms with van der Waals surface area (Å²) in [5.74, 6) is 0.